The standard InChI is InChI=1S/C19H19N3O3/c1-3-7-15-17(22-11-5-4-10-16(22)21-15)18(23)20-14-9-6-8-13(12-14)19(24)25-2/h4-6,8-12H,3,7H2,1-2H3,(H,20,23). The van der Waals surface area contributed by atoms with Crippen molar-refractivity contribution < 1.29 is 14.3 Å². The third kappa shape index (κ3) is 3.38. The van der Waals surface area contributed by atoms with Crippen LogP contribution in [0.3, 0.4) is 0 Å². The second-order valence-corrected chi connectivity index (χ2v) is 5.61. The number of pyridine rings is 1. The van der Waals surface area contributed by atoms with Crippen molar-refractivity contribution >= 4 is 23.2 Å². The lowest BCUT2D eigenvalue weighted by atomic mass is 10.2. The number of hydrogen-bond donors (Lipinski definition) is 1. The molecule has 0 unspecified atom stereocenters. The maximum Gasteiger partial charge on any atom is 0.337 e. The van der Waals surface area contributed by atoms with Crippen LogP contribution in [0.1, 0.15) is 39.9 Å². The van der Waals surface area contributed by atoms with Crippen LogP contribution >= 0.6 is 0 Å². The summed E-state index contributed by atoms with van der Waals surface area (Å²) < 4.78 is 6.49. The summed E-state index contributed by atoms with van der Waals surface area (Å²) in [5.41, 5.74) is 2.92. The lowest BCUT2D eigenvalue weighted by Crippen LogP contribution is -2.16. The summed E-state index contributed by atoms with van der Waals surface area (Å²) in [6.07, 6.45) is 3.43. The van der Waals surface area contributed by atoms with Crippen LogP contribution in [-0.2, 0) is 11.2 Å². The van der Waals surface area contributed by atoms with Crippen molar-refractivity contribution in [3.8, 4) is 0 Å². The number of benzene rings is 1. The first-order valence-corrected chi connectivity index (χ1v) is 8.09. The molecule has 128 valence electrons. The van der Waals surface area contributed by atoms with Crippen LogP contribution in [0.5, 0.6) is 0 Å². The van der Waals surface area contributed by atoms with E-state index in [-0.39, 0.29) is 5.91 Å². The lowest BCUT2D eigenvalue weighted by molar-refractivity contribution is 0.0600. The molecule has 25 heavy (non-hydrogen) atoms. The van der Waals surface area contributed by atoms with Gasteiger partial charge in [-0.1, -0.05) is 25.5 Å². The van der Waals surface area contributed by atoms with E-state index in [0.29, 0.717) is 23.4 Å². The van der Waals surface area contributed by atoms with Crippen LogP contribution in [0.25, 0.3) is 5.65 Å². The highest BCUT2D eigenvalue weighted by molar-refractivity contribution is 6.05. The molecule has 0 spiro atoms. The summed E-state index contributed by atoms with van der Waals surface area (Å²) in [6, 6.07) is 12.3. The minimum absolute atomic E-state index is 0.260. The number of amides is 1. The van der Waals surface area contributed by atoms with E-state index in [2.05, 4.69) is 10.3 Å². The highest BCUT2D eigenvalue weighted by Crippen LogP contribution is 2.18. The number of carbonyl (C=O) groups is 2. The van der Waals surface area contributed by atoms with E-state index < -0.39 is 5.97 Å². The van der Waals surface area contributed by atoms with E-state index in [9.17, 15) is 9.59 Å². The number of nitrogens with zero attached hydrogens (tertiary/aromatic N) is 2. The number of hydrogen-bond acceptors (Lipinski definition) is 4. The molecule has 0 aliphatic carbocycles. The molecular formula is C19H19N3O3. The van der Waals surface area contributed by atoms with Gasteiger partial charge in [-0.25, -0.2) is 9.78 Å². The van der Waals surface area contributed by atoms with E-state index in [0.717, 1.165) is 17.8 Å². The Labute approximate surface area is 145 Å². The van der Waals surface area contributed by atoms with Crippen molar-refractivity contribution in [2.24, 2.45) is 0 Å². The first kappa shape index (κ1) is 16.7. The van der Waals surface area contributed by atoms with Crippen LogP contribution in [0.2, 0.25) is 0 Å². The molecule has 0 atom stereocenters. The number of aryl methyl sites for hydroxylation is 1. The number of ether oxygens (including phenoxy) is 1. The molecule has 2 heterocycles. The van der Waals surface area contributed by atoms with Gasteiger partial charge in [0, 0.05) is 11.9 Å². The predicted octanol–water partition coefficient (Wildman–Crippen LogP) is 3.33. The lowest BCUT2D eigenvalue weighted by Gasteiger charge is -2.08. The van der Waals surface area contributed by atoms with Gasteiger partial charge in [-0.05, 0) is 36.8 Å². The Hall–Kier alpha value is -3.15. The Kier molecular flexibility index (Phi) is 4.79. The Morgan fingerprint density at radius 3 is 2.80 bits per heavy atom. The first-order valence-electron chi connectivity index (χ1n) is 8.09. The monoisotopic (exact) mass is 337 g/mol. The van der Waals surface area contributed by atoms with Gasteiger partial charge >= 0.3 is 5.97 Å². The molecule has 0 fully saturated rings. The molecule has 0 aliphatic heterocycles. The van der Waals surface area contributed by atoms with Crippen molar-refractivity contribution in [1.82, 2.24) is 9.38 Å². The fourth-order valence-corrected chi connectivity index (χ4v) is 2.73. The van der Waals surface area contributed by atoms with Gasteiger partial charge in [-0.2, -0.15) is 0 Å². The van der Waals surface area contributed by atoms with Crippen LogP contribution < -0.4 is 5.32 Å². The summed E-state index contributed by atoms with van der Waals surface area (Å²) in [5, 5.41) is 2.85. The second kappa shape index (κ2) is 7.17. The summed E-state index contributed by atoms with van der Waals surface area (Å²) in [6.45, 7) is 2.05. The van der Waals surface area contributed by atoms with Gasteiger partial charge in [0.1, 0.15) is 11.3 Å². The molecular weight excluding hydrogens is 318 g/mol. The normalized spacial score (nSPS) is 10.6. The largest absolute Gasteiger partial charge is 0.465 e. The van der Waals surface area contributed by atoms with Gasteiger partial charge in [0.15, 0.2) is 0 Å². The molecule has 6 nitrogen and oxygen atoms in total. The zero-order valence-corrected chi connectivity index (χ0v) is 14.2. The van der Waals surface area contributed by atoms with Gasteiger partial charge in [0.25, 0.3) is 5.91 Å². The number of imidazole rings is 1. The summed E-state index contributed by atoms with van der Waals surface area (Å²) in [7, 11) is 1.32. The van der Waals surface area contributed by atoms with Crippen molar-refractivity contribution in [3.63, 3.8) is 0 Å². The Balaban J connectivity index is 1.95. The van der Waals surface area contributed by atoms with Crippen LogP contribution in [0.4, 0.5) is 5.69 Å². The Bertz CT molecular complexity index is 931. The third-order valence-corrected chi connectivity index (χ3v) is 3.85. The van der Waals surface area contributed by atoms with Crippen molar-refractivity contribution in [3.05, 3.63) is 65.6 Å². The van der Waals surface area contributed by atoms with E-state index in [4.69, 9.17) is 4.74 Å². The van der Waals surface area contributed by atoms with Gasteiger partial charge in [0.05, 0.1) is 18.4 Å². The molecule has 0 saturated heterocycles. The van der Waals surface area contributed by atoms with Crippen LogP contribution in [0, 0.1) is 0 Å². The predicted molar refractivity (Wildman–Crippen MR) is 94.9 cm³/mol. The number of methoxy groups -OCH3 is 1. The van der Waals surface area contributed by atoms with E-state index >= 15 is 0 Å². The van der Waals surface area contributed by atoms with Crippen molar-refractivity contribution in [1.29, 1.82) is 0 Å². The Morgan fingerprint density at radius 2 is 2.04 bits per heavy atom. The quantitative estimate of drug-likeness (QED) is 0.725. The molecule has 3 aromatic rings. The summed E-state index contributed by atoms with van der Waals surface area (Å²) >= 11 is 0. The van der Waals surface area contributed by atoms with Gasteiger partial charge in [-0.15, -0.1) is 0 Å². The number of fused-ring (bicyclic) bond motifs is 1. The molecule has 1 aromatic carbocycles. The molecule has 0 radical (unpaired) electrons. The molecule has 0 bridgehead atoms. The van der Waals surface area contributed by atoms with Crippen molar-refractivity contribution in [2.75, 3.05) is 12.4 Å². The van der Waals surface area contributed by atoms with E-state index in [1.165, 1.54) is 7.11 Å². The van der Waals surface area contributed by atoms with Crippen molar-refractivity contribution in [2.45, 2.75) is 19.8 Å². The van der Waals surface area contributed by atoms with Gasteiger partial charge in [-0.3, -0.25) is 9.20 Å². The molecule has 0 aliphatic rings. The third-order valence-electron chi connectivity index (χ3n) is 3.85. The average Bonchev–Trinajstić information content (AvgIpc) is 2.99. The highest BCUT2D eigenvalue weighted by atomic mass is 16.5. The number of aromatic nitrogens is 2. The molecule has 1 N–H and O–H groups in total. The minimum Gasteiger partial charge on any atom is -0.465 e. The zero-order valence-electron chi connectivity index (χ0n) is 14.2. The number of carbonyl (C=O) groups excluding carboxylic acids is 2. The van der Waals surface area contributed by atoms with Crippen LogP contribution in [-0.4, -0.2) is 28.4 Å². The highest BCUT2D eigenvalue weighted by Gasteiger charge is 2.19. The first-order chi connectivity index (χ1) is 12.1. The molecule has 0 saturated carbocycles. The summed E-state index contributed by atoms with van der Waals surface area (Å²) in [4.78, 5) is 29.0. The molecule has 6 heteroatoms. The smallest absolute Gasteiger partial charge is 0.337 e. The average molecular weight is 337 g/mol. The van der Waals surface area contributed by atoms with E-state index in [1.807, 2.05) is 31.3 Å². The maximum atomic E-state index is 12.8. The Morgan fingerprint density at radius 1 is 1.20 bits per heavy atom. The van der Waals surface area contributed by atoms with Crippen LogP contribution in [0.15, 0.2) is 48.7 Å². The fraction of sp³-hybridized carbons (Fsp3) is 0.211. The molecule has 2 aromatic heterocycles. The summed E-state index contributed by atoms with van der Waals surface area (Å²) in [5.74, 6) is -0.707. The molecule has 3 rings (SSSR count). The van der Waals surface area contributed by atoms with Gasteiger partial charge in [0.2, 0.25) is 0 Å². The minimum atomic E-state index is -0.447. The zero-order chi connectivity index (χ0) is 17.8. The number of rotatable bonds is 5. The van der Waals surface area contributed by atoms with Gasteiger partial charge < -0.3 is 10.1 Å². The maximum absolute atomic E-state index is 12.8. The second-order valence-electron chi connectivity index (χ2n) is 5.61. The van der Waals surface area contributed by atoms with E-state index in [1.54, 1.807) is 28.7 Å². The molecule has 1 amide bonds. The topological polar surface area (TPSA) is 72.7 Å². The number of nitrogens with one attached hydrogen (secondary N) is 1. The fourth-order valence-electron chi connectivity index (χ4n) is 2.73. The number of esters is 1. The SMILES string of the molecule is CCCc1nc2ccccn2c1C(=O)Nc1cccc(C(=O)OC)c1. The number of anilines is 1.